The first-order chi connectivity index (χ1) is 11.2. The fraction of sp³-hybridized carbons (Fsp3) is 0.556. The molecule has 1 heterocycles. The first-order valence-corrected chi connectivity index (χ1v) is 8.30. The Morgan fingerprint density at radius 3 is 2.50 bits per heavy atom. The number of anilines is 1. The molecule has 1 aliphatic heterocycles. The summed E-state index contributed by atoms with van der Waals surface area (Å²) in [6, 6.07) is 7.96. The zero-order valence-corrected chi connectivity index (χ0v) is 14.9. The average molecular weight is 333 g/mol. The predicted octanol–water partition coefficient (Wildman–Crippen LogP) is 2.74. The van der Waals surface area contributed by atoms with E-state index in [1.165, 1.54) is 12.5 Å². The monoisotopic (exact) mass is 333 g/mol. The van der Waals surface area contributed by atoms with Gasteiger partial charge in [-0.1, -0.05) is 12.1 Å². The van der Waals surface area contributed by atoms with Gasteiger partial charge in [-0.15, -0.1) is 0 Å². The van der Waals surface area contributed by atoms with Crippen LogP contribution < -0.4 is 10.6 Å². The van der Waals surface area contributed by atoms with Crippen LogP contribution >= 0.6 is 0 Å². The Bertz CT molecular complexity index is 578. The molecule has 0 aliphatic carbocycles. The number of amides is 2. The second-order valence-corrected chi connectivity index (χ2v) is 7.25. The van der Waals surface area contributed by atoms with Gasteiger partial charge in [-0.25, -0.2) is 4.79 Å². The molecule has 6 nitrogen and oxygen atoms in total. The number of ether oxygens (including phenoxy) is 1. The molecule has 0 radical (unpaired) electrons. The summed E-state index contributed by atoms with van der Waals surface area (Å²) in [5.41, 5.74) is 1.51. The van der Waals surface area contributed by atoms with Crippen molar-refractivity contribution in [3.63, 3.8) is 0 Å². The molecular weight excluding hydrogens is 306 g/mol. The molecule has 1 unspecified atom stereocenters. The molecule has 132 valence electrons. The lowest BCUT2D eigenvalue weighted by molar-refractivity contribution is -0.114. The third-order valence-corrected chi connectivity index (χ3v) is 3.67. The Morgan fingerprint density at radius 1 is 1.25 bits per heavy atom. The maximum Gasteiger partial charge on any atom is 0.407 e. The van der Waals surface area contributed by atoms with Crippen molar-refractivity contribution in [2.45, 2.75) is 52.3 Å². The summed E-state index contributed by atoms with van der Waals surface area (Å²) >= 11 is 0. The summed E-state index contributed by atoms with van der Waals surface area (Å²) in [5.74, 6) is -0.0710. The number of hydrogen-bond acceptors (Lipinski definition) is 4. The van der Waals surface area contributed by atoms with Crippen LogP contribution in [0.15, 0.2) is 24.3 Å². The van der Waals surface area contributed by atoms with Crippen molar-refractivity contribution in [3.05, 3.63) is 29.8 Å². The fourth-order valence-electron chi connectivity index (χ4n) is 2.72. The van der Waals surface area contributed by atoms with E-state index in [1.54, 1.807) is 0 Å². The SMILES string of the molecule is CC(=O)Nc1ccc(CN2CCC(NC(=O)OC(C)(C)C)C2)cc1. The van der Waals surface area contributed by atoms with Gasteiger partial charge in [-0.05, 0) is 44.9 Å². The molecular formula is C18H27N3O3. The first-order valence-electron chi connectivity index (χ1n) is 8.30. The fourth-order valence-corrected chi connectivity index (χ4v) is 2.72. The van der Waals surface area contributed by atoms with Crippen molar-refractivity contribution >= 4 is 17.7 Å². The minimum atomic E-state index is -0.474. The van der Waals surface area contributed by atoms with Gasteiger partial charge in [0, 0.05) is 38.3 Å². The van der Waals surface area contributed by atoms with Crippen molar-refractivity contribution in [2.24, 2.45) is 0 Å². The number of nitrogens with zero attached hydrogens (tertiary/aromatic N) is 1. The van der Waals surface area contributed by atoms with Gasteiger partial charge >= 0.3 is 6.09 Å². The molecule has 1 aromatic rings. The van der Waals surface area contributed by atoms with E-state index in [9.17, 15) is 9.59 Å². The minimum absolute atomic E-state index is 0.0710. The maximum atomic E-state index is 11.8. The Morgan fingerprint density at radius 2 is 1.92 bits per heavy atom. The second-order valence-electron chi connectivity index (χ2n) is 7.25. The quantitative estimate of drug-likeness (QED) is 0.889. The van der Waals surface area contributed by atoms with E-state index in [0.717, 1.165) is 31.7 Å². The van der Waals surface area contributed by atoms with Gasteiger partial charge in [0.15, 0.2) is 0 Å². The predicted molar refractivity (Wildman–Crippen MR) is 93.8 cm³/mol. The molecule has 1 aliphatic rings. The Kier molecular flexibility index (Phi) is 5.83. The second kappa shape index (κ2) is 7.66. The van der Waals surface area contributed by atoms with E-state index >= 15 is 0 Å². The van der Waals surface area contributed by atoms with Crippen molar-refractivity contribution < 1.29 is 14.3 Å². The summed E-state index contributed by atoms with van der Waals surface area (Å²) < 4.78 is 5.29. The highest BCUT2D eigenvalue weighted by molar-refractivity contribution is 5.88. The van der Waals surface area contributed by atoms with Crippen LogP contribution in [0, 0.1) is 0 Å². The van der Waals surface area contributed by atoms with Crippen LogP contribution in [-0.4, -0.2) is 41.6 Å². The Balaban J connectivity index is 1.79. The molecule has 0 bridgehead atoms. The first kappa shape index (κ1) is 18.3. The molecule has 24 heavy (non-hydrogen) atoms. The Labute approximate surface area is 143 Å². The zero-order valence-electron chi connectivity index (χ0n) is 14.9. The van der Waals surface area contributed by atoms with E-state index in [1.807, 2.05) is 45.0 Å². The van der Waals surface area contributed by atoms with E-state index in [-0.39, 0.29) is 18.0 Å². The van der Waals surface area contributed by atoms with Crippen molar-refractivity contribution in [1.29, 1.82) is 0 Å². The van der Waals surface area contributed by atoms with E-state index < -0.39 is 5.60 Å². The van der Waals surface area contributed by atoms with E-state index in [2.05, 4.69) is 15.5 Å². The highest BCUT2D eigenvalue weighted by Crippen LogP contribution is 2.16. The van der Waals surface area contributed by atoms with Gasteiger partial charge in [0.05, 0.1) is 0 Å². The number of likely N-dealkylation sites (tertiary alicyclic amines) is 1. The van der Waals surface area contributed by atoms with E-state index in [0.29, 0.717) is 0 Å². The molecule has 1 saturated heterocycles. The molecule has 1 fully saturated rings. The third kappa shape index (κ3) is 6.20. The van der Waals surface area contributed by atoms with Crippen LogP contribution in [0.25, 0.3) is 0 Å². The third-order valence-electron chi connectivity index (χ3n) is 3.67. The summed E-state index contributed by atoms with van der Waals surface area (Å²) in [5, 5.41) is 5.69. The molecule has 2 rings (SSSR count). The normalized spacial score (nSPS) is 18.2. The number of carbonyl (C=O) groups is 2. The van der Waals surface area contributed by atoms with Crippen molar-refractivity contribution in [2.75, 3.05) is 18.4 Å². The molecule has 1 aromatic carbocycles. The number of carbonyl (C=O) groups excluding carboxylic acids is 2. The number of nitrogens with one attached hydrogen (secondary N) is 2. The molecule has 2 amide bonds. The number of rotatable bonds is 4. The summed E-state index contributed by atoms with van der Waals surface area (Å²) in [4.78, 5) is 25.1. The van der Waals surface area contributed by atoms with Gasteiger partial charge in [-0.3, -0.25) is 9.69 Å². The lowest BCUT2D eigenvalue weighted by Gasteiger charge is -2.22. The van der Waals surface area contributed by atoms with Gasteiger partial charge in [0.25, 0.3) is 0 Å². The molecule has 1 atom stereocenters. The standard InChI is InChI=1S/C18H27N3O3/c1-13(22)19-15-7-5-14(6-8-15)11-21-10-9-16(12-21)20-17(23)24-18(2,3)4/h5-8,16H,9-12H2,1-4H3,(H,19,22)(H,20,23). The van der Waals surface area contributed by atoms with Crippen LogP contribution in [0.5, 0.6) is 0 Å². The highest BCUT2D eigenvalue weighted by Gasteiger charge is 2.26. The van der Waals surface area contributed by atoms with Crippen LogP contribution in [0.3, 0.4) is 0 Å². The molecule has 2 N–H and O–H groups in total. The van der Waals surface area contributed by atoms with Gasteiger partial charge in [0.1, 0.15) is 5.60 Å². The van der Waals surface area contributed by atoms with Crippen molar-refractivity contribution in [3.8, 4) is 0 Å². The van der Waals surface area contributed by atoms with Gasteiger partial charge in [0.2, 0.25) is 5.91 Å². The maximum absolute atomic E-state index is 11.8. The molecule has 0 aromatic heterocycles. The number of hydrogen-bond donors (Lipinski definition) is 2. The lowest BCUT2D eigenvalue weighted by atomic mass is 10.2. The van der Waals surface area contributed by atoms with Crippen LogP contribution in [-0.2, 0) is 16.1 Å². The molecule has 6 heteroatoms. The highest BCUT2D eigenvalue weighted by atomic mass is 16.6. The average Bonchev–Trinajstić information content (AvgIpc) is 2.85. The molecule has 0 spiro atoms. The van der Waals surface area contributed by atoms with Crippen LogP contribution in [0.1, 0.15) is 39.7 Å². The number of alkyl carbamates (subject to hydrolysis) is 1. The summed E-state index contributed by atoms with van der Waals surface area (Å²) in [7, 11) is 0. The molecule has 0 saturated carbocycles. The van der Waals surface area contributed by atoms with Crippen LogP contribution in [0.4, 0.5) is 10.5 Å². The van der Waals surface area contributed by atoms with Crippen molar-refractivity contribution in [1.82, 2.24) is 10.2 Å². The smallest absolute Gasteiger partial charge is 0.407 e. The van der Waals surface area contributed by atoms with Crippen LogP contribution in [0.2, 0.25) is 0 Å². The largest absolute Gasteiger partial charge is 0.444 e. The minimum Gasteiger partial charge on any atom is -0.444 e. The Hall–Kier alpha value is -2.08. The van der Waals surface area contributed by atoms with E-state index in [4.69, 9.17) is 4.74 Å². The lowest BCUT2D eigenvalue weighted by Crippen LogP contribution is -2.40. The van der Waals surface area contributed by atoms with Gasteiger partial charge in [-0.2, -0.15) is 0 Å². The topological polar surface area (TPSA) is 70.7 Å². The summed E-state index contributed by atoms with van der Waals surface area (Å²) in [6.07, 6.45) is 0.567. The zero-order chi connectivity index (χ0) is 17.7. The summed E-state index contributed by atoms with van der Waals surface area (Å²) in [6.45, 7) is 9.65. The van der Waals surface area contributed by atoms with Gasteiger partial charge < -0.3 is 15.4 Å². The number of benzene rings is 1.